The van der Waals surface area contributed by atoms with Crippen molar-refractivity contribution in [2.45, 2.75) is 38.6 Å². The minimum atomic E-state index is -0.313. The molecule has 1 aromatic heterocycles. The molecule has 1 amide bonds. The number of hydrogen-bond acceptors (Lipinski definition) is 5. The molecule has 2 heterocycles. The van der Waals surface area contributed by atoms with Crippen molar-refractivity contribution in [2.75, 3.05) is 7.11 Å². The topological polar surface area (TPSA) is 85.6 Å². The standard InChI is InChI=1S/C23H22N4O3/c1-30-16-8-10-17-14(12-16)4-2-5-19(17)25-26-22(28)15-7-9-18-20(13-15)24-21-6-3-11-27(21)23(18)29/h7-10,12-13H,2-6,11H2,1H3,(H,26,28)/b25-19-. The van der Waals surface area contributed by atoms with Gasteiger partial charge in [-0.15, -0.1) is 0 Å². The first kappa shape index (κ1) is 18.5. The maximum atomic E-state index is 12.7. The summed E-state index contributed by atoms with van der Waals surface area (Å²) in [7, 11) is 1.65. The molecule has 5 rings (SSSR count). The number of amides is 1. The molecule has 1 N–H and O–H groups in total. The second kappa shape index (κ2) is 7.40. The zero-order valence-corrected chi connectivity index (χ0v) is 16.8. The molecular formula is C23H22N4O3. The zero-order valence-electron chi connectivity index (χ0n) is 16.8. The summed E-state index contributed by atoms with van der Waals surface area (Å²) in [6.45, 7) is 0.712. The molecule has 1 aliphatic carbocycles. The number of carbonyl (C=O) groups is 1. The highest BCUT2D eigenvalue weighted by atomic mass is 16.5. The molecule has 0 radical (unpaired) electrons. The molecule has 0 saturated heterocycles. The van der Waals surface area contributed by atoms with Gasteiger partial charge in [-0.3, -0.25) is 14.2 Å². The van der Waals surface area contributed by atoms with Crippen molar-refractivity contribution >= 4 is 22.5 Å². The van der Waals surface area contributed by atoms with Gasteiger partial charge in [-0.25, -0.2) is 10.4 Å². The Morgan fingerprint density at radius 2 is 2.03 bits per heavy atom. The Labute approximate surface area is 173 Å². The van der Waals surface area contributed by atoms with Crippen molar-refractivity contribution in [1.82, 2.24) is 15.0 Å². The van der Waals surface area contributed by atoms with Crippen LogP contribution in [0.2, 0.25) is 0 Å². The predicted molar refractivity (Wildman–Crippen MR) is 114 cm³/mol. The van der Waals surface area contributed by atoms with E-state index in [2.05, 4.69) is 15.5 Å². The monoisotopic (exact) mass is 402 g/mol. The van der Waals surface area contributed by atoms with E-state index in [1.807, 2.05) is 18.2 Å². The van der Waals surface area contributed by atoms with E-state index in [0.717, 1.165) is 55.0 Å². The Balaban J connectivity index is 1.42. The van der Waals surface area contributed by atoms with E-state index in [0.29, 0.717) is 23.0 Å². The number of nitrogens with one attached hydrogen (secondary N) is 1. The summed E-state index contributed by atoms with van der Waals surface area (Å²) in [6, 6.07) is 10.9. The molecule has 1 aliphatic heterocycles. The summed E-state index contributed by atoms with van der Waals surface area (Å²) < 4.78 is 7.03. The molecule has 30 heavy (non-hydrogen) atoms. The average molecular weight is 402 g/mol. The number of carbonyl (C=O) groups excluding carboxylic acids is 1. The third-order valence-corrected chi connectivity index (χ3v) is 5.85. The van der Waals surface area contributed by atoms with Crippen molar-refractivity contribution < 1.29 is 9.53 Å². The summed E-state index contributed by atoms with van der Waals surface area (Å²) in [5, 5.41) is 4.94. The Kier molecular flexibility index (Phi) is 4.58. The molecule has 152 valence electrons. The zero-order chi connectivity index (χ0) is 20.7. The largest absolute Gasteiger partial charge is 0.497 e. The molecule has 3 aromatic rings. The van der Waals surface area contributed by atoms with Crippen LogP contribution >= 0.6 is 0 Å². The first-order valence-electron chi connectivity index (χ1n) is 10.2. The maximum absolute atomic E-state index is 12.7. The predicted octanol–water partition coefficient (Wildman–Crippen LogP) is 2.82. The lowest BCUT2D eigenvalue weighted by Crippen LogP contribution is -2.23. The van der Waals surface area contributed by atoms with Gasteiger partial charge in [0.15, 0.2) is 0 Å². The first-order chi connectivity index (χ1) is 14.6. The highest BCUT2D eigenvalue weighted by molar-refractivity contribution is 6.04. The van der Waals surface area contributed by atoms with Crippen LogP contribution in [0.5, 0.6) is 5.75 Å². The number of fused-ring (bicyclic) bond motifs is 3. The first-order valence-corrected chi connectivity index (χ1v) is 10.2. The Morgan fingerprint density at radius 1 is 1.13 bits per heavy atom. The van der Waals surface area contributed by atoms with Gasteiger partial charge in [0.05, 0.1) is 23.7 Å². The lowest BCUT2D eigenvalue weighted by Gasteiger charge is -2.18. The van der Waals surface area contributed by atoms with Gasteiger partial charge in [0, 0.05) is 24.1 Å². The van der Waals surface area contributed by atoms with Gasteiger partial charge < -0.3 is 4.74 Å². The fourth-order valence-corrected chi connectivity index (χ4v) is 4.29. The van der Waals surface area contributed by atoms with Crippen LogP contribution in [-0.4, -0.2) is 28.3 Å². The minimum Gasteiger partial charge on any atom is -0.497 e. The van der Waals surface area contributed by atoms with Crippen LogP contribution in [0.15, 0.2) is 46.3 Å². The van der Waals surface area contributed by atoms with E-state index in [9.17, 15) is 9.59 Å². The molecule has 2 aromatic carbocycles. The minimum absolute atomic E-state index is 0.0334. The Morgan fingerprint density at radius 3 is 2.90 bits per heavy atom. The third kappa shape index (κ3) is 3.16. The van der Waals surface area contributed by atoms with Gasteiger partial charge >= 0.3 is 0 Å². The van der Waals surface area contributed by atoms with Crippen molar-refractivity contribution in [3.8, 4) is 5.75 Å². The number of aryl methyl sites for hydroxylation is 2. The number of rotatable bonds is 3. The molecular weight excluding hydrogens is 380 g/mol. The van der Waals surface area contributed by atoms with Crippen LogP contribution in [0.4, 0.5) is 0 Å². The van der Waals surface area contributed by atoms with E-state index >= 15 is 0 Å². The molecule has 7 heteroatoms. The smallest absolute Gasteiger partial charge is 0.271 e. The van der Waals surface area contributed by atoms with Crippen molar-refractivity contribution in [3.05, 3.63) is 69.3 Å². The number of nitrogens with zero attached hydrogens (tertiary/aromatic N) is 3. The van der Waals surface area contributed by atoms with E-state index in [1.165, 1.54) is 5.56 Å². The Hall–Kier alpha value is -3.48. The Bertz CT molecular complexity index is 1260. The maximum Gasteiger partial charge on any atom is 0.271 e. The highest BCUT2D eigenvalue weighted by Crippen LogP contribution is 2.25. The van der Waals surface area contributed by atoms with Crippen LogP contribution in [0.3, 0.4) is 0 Å². The molecule has 0 saturated carbocycles. The molecule has 0 unspecified atom stereocenters. The number of aromatic nitrogens is 2. The SMILES string of the molecule is COc1ccc2c(c1)CCC/C2=N/NC(=O)c1ccc2c(=O)n3c(nc2c1)CCC3. The fraction of sp³-hybridized carbons (Fsp3) is 0.304. The fourth-order valence-electron chi connectivity index (χ4n) is 4.29. The number of methoxy groups -OCH3 is 1. The second-order valence-corrected chi connectivity index (χ2v) is 7.70. The second-order valence-electron chi connectivity index (χ2n) is 7.70. The van der Waals surface area contributed by atoms with Crippen molar-refractivity contribution in [3.63, 3.8) is 0 Å². The van der Waals surface area contributed by atoms with Crippen LogP contribution in [0.1, 0.15) is 46.6 Å². The quantitative estimate of drug-likeness (QED) is 0.683. The molecule has 7 nitrogen and oxygen atoms in total. The van der Waals surface area contributed by atoms with Crippen LogP contribution in [0, 0.1) is 0 Å². The highest BCUT2D eigenvalue weighted by Gasteiger charge is 2.19. The van der Waals surface area contributed by atoms with Gasteiger partial charge in [-0.1, -0.05) is 0 Å². The third-order valence-electron chi connectivity index (χ3n) is 5.85. The summed E-state index contributed by atoms with van der Waals surface area (Å²) >= 11 is 0. The molecule has 0 fully saturated rings. The van der Waals surface area contributed by atoms with Gasteiger partial charge in [0.2, 0.25) is 0 Å². The van der Waals surface area contributed by atoms with E-state index < -0.39 is 0 Å². The number of benzene rings is 2. The number of hydrazone groups is 1. The number of hydrogen-bond donors (Lipinski definition) is 1. The van der Waals surface area contributed by atoms with Crippen LogP contribution < -0.4 is 15.7 Å². The lowest BCUT2D eigenvalue weighted by atomic mass is 9.90. The molecule has 0 atom stereocenters. The van der Waals surface area contributed by atoms with Gasteiger partial charge in [0.1, 0.15) is 11.6 Å². The molecule has 0 spiro atoms. The van der Waals surface area contributed by atoms with Crippen molar-refractivity contribution in [2.24, 2.45) is 5.10 Å². The summed E-state index contributed by atoms with van der Waals surface area (Å²) in [5.41, 5.74) is 6.73. The lowest BCUT2D eigenvalue weighted by molar-refractivity contribution is 0.0955. The normalized spacial score (nSPS) is 16.4. The van der Waals surface area contributed by atoms with Gasteiger partial charge in [-0.2, -0.15) is 5.10 Å². The van der Waals surface area contributed by atoms with Crippen LogP contribution in [-0.2, 0) is 19.4 Å². The van der Waals surface area contributed by atoms with Crippen molar-refractivity contribution in [1.29, 1.82) is 0 Å². The summed E-state index contributed by atoms with van der Waals surface area (Å²) in [4.78, 5) is 29.9. The number of ether oxygens (including phenoxy) is 1. The van der Waals surface area contributed by atoms with Crippen LogP contribution in [0.25, 0.3) is 10.9 Å². The summed E-state index contributed by atoms with van der Waals surface area (Å²) in [5.74, 6) is 1.30. The van der Waals surface area contributed by atoms with E-state index in [1.54, 1.807) is 29.9 Å². The molecule has 0 bridgehead atoms. The average Bonchev–Trinajstić information content (AvgIpc) is 3.25. The van der Waals surface area contributed by atoms with Gasteiger partial charge in [-0.05, 0) is 67.6 Å². The van der Waals surface area contributed by atoms with Gasteiger partial charge in [0.25, 0.3) is 11.5 Å². The van der Waals surface area contributed by atoms with E-state index in [4.69, 9.17) is 4.74 Å². The summed E-state index contributed by atoms with van der Waals surface area (Å²) in [6.07, 6.45) is 4.47. The van der Waals surface area contributed by atoms with E-state index in [-0.39, 0.29) is 11.5 Å². The molecule has 2 aliphatic rings.